The number of imidazole rings is 1. The third-order valence-corrected chi connectivity index (χ3v) is 4.12. The van der Waals surface area contributed by atoms with E-state index in [9.17, 15) is 15.0 Å². The van der Waals surface area contributed by atoms with E-state index in [-0.39, 0.29) is 28.6 Å². The van der Waals surface area contributed by atoms with Crippen LogP contribution in [-0.4, -0.2) is 67.2 Å². The fraction of sp³-hybridized carbons (Fsp3) is 0.500. The number of aliphatic hydroxyl groups excluding tert-OH is 2. The van der Waals surface area contributed by atoms with Crippen LogP contribution in [0.2, 0.25) is 0 Å². The molecule has 11 nitrogen and oxygen atoms in total. The first-order valence-corrected chi connectivity index (χ1v) is 8.31. The van der Waals surface area contributed by atoms with Gasteiger partial charge >= 0.3 is 5.97 Å². The molecule has 3 heterocycles. The second-order valence-corrected chi connectivity index (χ2v) is 5.91. The van der Waals surface area contributed by atoms with E-state index in [0.29, 0.717) is 6.61 Å². The molecule has 0 radical (unpaired) electrons. The van der Waals surface area contributed by atoms with Gasteiger partial charge in [0.1, 0.15) is 18.5 Å². The number of carbonyl (C=O) groups excluding carboxylic acids is 1. The van der Waals surface area contributed by atoms with Gasteiger partial charge in [-0.2, -0.15) is 0 Å². The molecule has 0 unspecified atom stereocenters. The van der Waals surface area contributed by atoms with Gasteiger partial charge in [0.15, 0.2) is 40.9 Å². The van der Waals surface area contributed by atoms with Gasteiger partial charge in [0.25, 0.3) is 0 Å². The van der Waals surface area contributed by atoms with Gasteiger partial charge in [0, 0.05) is 6.92 Å². The number of carbonyl (C=O) groups is 1. The number of nitrogens with zero attached hydrogens (tertiary/aromatic N) is 4. The topological polar surface area (TPSA) is 155 Å². The Morgan fingerprint density at radius 1 is 1.48 bits per heavy atom. The molecule has 11 heteroatoms. The smallest absolute Gasteiger partial charge is 0.303 e. The minimum atomic E-state index is -1.26. The van der Waals surface area contributed by atoms with Gasteiger partial charge in [-0.1, -0.05) is 6.58 Å². The number of nitrogen functional groups attached to an aromatic ring is 1. The van der Waals surface area contributed by atoms with Crippen molar-refractivity contribution in [2.45, 2.75) is 38.4 Å². The average Bonchev–Trinajstić information content (AvgIpc) is 3.14. The van der Waals surface area contributed by atoms with Crippen LogP contribution in [-0.2, 0) is 19.0 Å². The van der Waals surface area contributed by atoms with E-state index in [4.69, 9.17) is 19.9 Å². The van der Waals surface area contributed by atoms with Gasteiger partial charge in [-0.05, 0) is 6.92 Å². The molecule has 2 aromatic heterocycles. The number of anilines is 1. The zero-order valence-electron chi connectivity index (χ0n) is 14.9. The highest BCUT2D eigenvalue weighted by molar-refractivity contribution is 5.84. The molecule has 1 saturated heterocycles. The zero-order chi connectivity index (χ0) is 19.7. The second-order valence-electron chi connectivity index (χ2n) is 5.91. The van der Waals surface area contributed by atoms with Crippen LogP contribution < -0.4 is 5.73 Å². The Kier molecular flexibility index (Phi) is 5.26. The van der Waals surface area contributed by atoms with Crippen LogP contribution in [0.25, 0.3) is 16.9 Å². The maximum Gasteiger partial charge on any atom is 0.303 e. The number of hydrogen-bond donors (Lipinski definition) is 3. The van der Waals surface area contributed by atoms with Crippen molar-refractivity contribution in [3.05, 3.63) is 18.7 Å². The summed E-state index contributed by atoms with van der Waals surface area (Å²) in [6.45, 7) is 6.71. The molecular formula is C16H21N5O6. The summed E-state index contributed by atoms with van der Waals surface area (Å²) in [4.78, 5) is 24.0. The molecule has 1 aliphatic heterocycles. The lowest BCUT2D eigenvalue weighted by atomic mass is 10.1. The second kappa shape index (κ2) is 7.47. The molecule has 1 fully saturated rings. The minimum absolute atomic E-state index is 0.130. The van der Waals surface area contributed by atoms with E-state index in [1.54, 1.807) is 6.92 Å². The summed E-state index contributed by atoms with van der Waals surface area (Å²) in [5.74, 6) is -0.0467. The molecule has 27 heavy (non-hydrogen) atoms. The molecule has 4 atom stereocenters. The monoisotopic (exact) mass is 379 g/mol. The lowest BCUT2D eigenvalue weighted by Gasteiger charge is -2.23. The van der Waals surface area contributed by atoms with Crippen LogP contribution in [0.15, 0.2) is 12.9 Å². The predicted octanol–water partition coefficient (Wildman–Crippen LogP) is -0.402. The Balaban J connectivity index is 2.18. The number of aliphatic hydroxyl groups is 2. The summed E-state index contributed by atoms with van der Waals surface area (Å²) in [5, 5.41) is 19.9. The number of fused-ring (bicyclic) bond motifs is 1. The van der Waals surface area contributed by atoms with Crippen molar-refractivity contribution in [2.75, 3.05) is 18.9 Å². The summed E-state index contributed by atoms with van der Waals surface area (Å²) < 4.78 is 17.9. The largest absolute Gasteiger partial charge is 0.491 e. The van der Waals surface area contributed by atoms with Gasteiger partial charge in [0.2, 0.25) is 0 Å². The van der Waals surface area contributed by atoms with E-state index in [2.05, 4.69) is 21.5 Å². The van der Waals surface area contributed by atoms with Crippen molar-refractivity contribution in [3.8, 4) is 0 Å². The fourth-order valence-corrected chi connectivity index (χ4v) is 3.00. The van der Waals surface area contributed by atoms with Gasteiger partial charge in [-0.25, -0.2) is 15.0 Å². The first-order chi connectivity index (χ1) is 12.9. The van der Waals surface area contributed by atoms with E-state index >= 15 is 0 Å². The first-order valence-electron chi connectivity index (χ1n) is 8.31. The third kappa shape index (κ3) is 3.31. The highest BCUT2D eigenvalue weighted by Crippen LogP contribution is 2.36. The Labute approximate surface area is 154 Å². The van der Waals surface area contributed by atoms with Crippen LogP contribution >= 0.6 is 0 Å². The molecule has 3 rings (SSSR count). The maximum absolute atomic E-state index is 11.5. The van der Waals surface area contributed by atoms with E-state index < -0.39 is 37.1 Å². The number of aromatic nitrogens is 4. The minimum Gasteiger partial charge on any atom is -0.491 e. The van der Waals surface area contributed by atoms with Gasteiger partial charge in [0.05, 0.1) is 13.2 Å². The van der Waals surface area contributed by atoms with Crippen LogP contribution in [0.1, 0.15) is 25.9 Å². The predicted molar refractivity (Wildman–Crippen MR) is 93.0 cm³/mol. The fourth-order valence-electron chi connectivity index (χ4n) is 3.00. The van der Waals surface area contributed by atoms with Crippen molar-refractivity contribution in [1.29, 1.82) is 0 Å². The number of nitrogens with two attached hydrogens (primary N) is 1. The molecule has 146 valence electrons. The number of rotatable bonds is 6. The van der Waals surface area contributed by atoms with Crippen molar-refractivity contribution in [1.82, 2.24) is 19.5 Å². The Hall–Kier alpha value is -2.76. The van der Waals surface area contributed by atoms with E-state index in [1.807, 2.05) is 0 Å². The quantitative estimate of drug-likeness (QED) is 0.446. The lowest BCUT2D eigenvalue weighted by Crippen LogP contribution is -2.36. The molecule has 4 N–H and O–H groups in total. The van der Waals surface area contributed by atoms with Gasteiger partial charge in [-0.3, -0.25) is 9.36 Å². The molecule has 1 aliphatic rings. The van der Waals surface area contributed by atoms with Gasteiger partial charge in [-0.15, -0.1) is 0 Å². The highest BCUT2D eigenvalue weighted by atomic mass is 16.6. The molecule has 2 aromatic rings. The molecule has 0 saturated carbocycles. The molecule has 0 aromatic carbocycles. The van der Waals surface area contributed by atoms with Crippen molar-refractivity contribution >= 4 is 28.7 Å². The average molecular weight is 379 g/mol. The van der Waals surface area contributed by atoms with Crippen LogP contribution in [0.3, 0.4) is 0 Å². The summed E-state index contributed by atoms with van der Waals surface area (Å²) in [5.41, 5.74) is 6.46. The Bertz CT molecular complexity index is 868. The molecular weight excluding hydrogens is 358 g/mol. The summed E-state index contributed by atoms with van der Waals surface area (Å²) in [7, 11) is 0. The SMILES string of the molecule is C=C(OCC)c1nc2c(N)ncnc2n1[C@@H]1O[C@H](CO)[C@@H](O)[C@H]1OC(C)=O. The van der Waals surface area contributed by atoms with Crippen LogP contribution in [0, 0.1) is 0 Å². The van der Waals surface area contributed by atoms with Gasteiger partial charge < -0.3 is 30.2 Å². The summed E-state index contributed by atoms with van der Waals surface area (Å²) in [6, 6.07) is 0. The number of hydrogen-bond acceptors (Lipinski definition) is 10. The maximum atomic E-state index is 11.5. The molecule has 0 spiro atoms. The molecule has 0 aliphatic carbocycles. The summed E-state index contributed by atoms with van der Waals surface area (Å²) in [6.07, 6.45) is -3.12. The molecule has 0 bridgehead atoms. The number of ether oxygens (including phenoxy) is 3. The summed E-state index contributed by atoms with van der Waals surface area (Å²) >= 11 is 0. The van der Waals surface area contributed by atoms with E-state index in [0.717, 1.165) is 0 Å². The first kappa shape index (κ1) is 19.0. The highest BCUT2D eigenvalue weighted by Gasteiger charge is 2.48. The van der Waals surface area contributed by atoms with E-state index in [1.165, 1.54) is 17.8 Å². The normalized spacial score (nSPS) is 24.9. The van der Waals surface area contributed by atoms with Crippen LogP contribution in [0.4, 0.5) is 5.82 Å². The third-order valence-electron chi connectivity index (χ3n) is 4.12. The van der Waals surface area contributed by atoms with Crippen molar-refractivity contribution in [3.63, 3.8) is 0 Å². The number of esters is 1. The van der Waals surface area contributed by atoms with Crippen LogP contribution in [0.5, 0.6) is 0 Å². The molecule has 0 amide bonds. The van der Waals surface area contributed by atoms with Crippen molar-refractivity contribution < 1.29 is 29.2 Å². The Morgan fingerprint density at radius 2 is 2.22 bits per heavy atom. The Morgan fingerprint density at radius 3 is 2.85 bits per heavy atom. The lowest BCUT2D eigenvalue weighted by molar-refractivity contribution is -0.155. The standard InChI is InChI=1S/C16H21N5O6/c1-4-25-7(2)14-20-10-13(17)18-6-19-15(10)21(14)16-12(26-8(3)23)11(24)9(5-22)27-16/h6,9,11-12,16,22,24H,2,4-5H2,1,3H3,(H2,17,18,19)/t9-,11-,12-,16-/m1/s1. The van der Waals surface area contributed by atoms with Crippen molar-refractivity contribution in [2.24, 2.45) is 0 Å². The zero-order valence-corrected chi connectivity index (χ0v) is 14.9.